The Balaban J connectivity index is 1.75. The van der Waals surface area contributed by atoms with Crippen LogP contribution in [-0.4, -0.2) is 54.7 Å². The third kappa shape index (κ3) is 3.64. The molecule has 1 aromatic carbocycles. The topological polar surface area (TPSA) is 108 Å². The molecular formula is C17H21N3O5. The van der Waals surface area contributed by atoms with Gasteiger partial charge in [-0.1, -0.05) is 6.08 Å². The van der Waals surface area contributed by atoms with Crippen LogP contribution in [0.4, 0.5) is 11.4 Å². The SMILES string of the molecule is Cc1cc(C2=CCN(C(=O)[C@@H]3COCCO3)CC2)cc([N+](=O)[O-])c1N. The van der Waals surface area contributed by atoms with E-state index in [-0.39, 0.29) is 23.9 Å². The maximum absolute atomic E-state index is 12.4. The van der Waals surface area contributed by atoms with E-state index in [1.165, 1.54) is 6.07 Å². The first-order valence-corrected chi connectivity index (χ1v) is 8.19. The van der Waals surface area contributed by atoms with Gasteiger partial charge < -0.3 is 20.1 Å². The van der Waals surface area contributed by atoms with Crippen molar-refractivity contribution in [1.29, 1.82) is 0 Å². The fourth-order valence-corrected chi connectivity index (χ4v) is 3.08. The van der Waals surface area contributed by atoms with Crippen LogP contribution in [0.3, 0.4) is 0 Å². The van der Waals surface area contributed by atoms with E-state index in [1.807, 2.05) is 12.1 Å². The first kappa shape index (κ1) is 17.4. The number of carbonyl (C=O) groups is 1. The summed E-state index contributed by atoms with van der Waals surface area (Å²) < 4.78 is 10.7. The zero-order valence-corrected chi connectivity index (χ0v) is 14.1. The van der Waals surface area contributed by atoms with Gasteiger partial charge in [-0.05, 0) is 36.1 Å². The zero-order chi connectivity index (χ0) is 18.0. The highest BCUT2D eigenvalue weighted by Crippen LogP contribution is 2.32. The summed E-state index contributed by atoms with van der Waals surface area (Å²) in [7, 11) is 0. The number of aryl methyl sites for hydroxylation is 1. The molecule has 3 rings (SSSR count). The number of nitrogens with zero attached hydrogens (tertiary/aromatic N) is 2. The maximum Gasteiger partial charge on any atom is 0.292 e. The second kappa shape index (κ2) is 7.20. The average Bonchev–Trinajstić information content (AvgIpc) is 2.64. The number of nitro benzene ring substituents is 1. The number of ether oxygens (including phenoxy) is 2. The Morgan fingerprint density at radius 1 is 1.40 bits per heavy atom. The molecule has 0 unspecified atom stereocenters. The normalized spacial score (nSPS) is 20.9. The molecule has 1 aromatic rings. The summed E-state index contributed by atoms with van der Waals surface area (Å²) in [5, 5.41) is 11.2. The lowest BCUT2D eigenvalue weighted by Crippen LogP contribution is -2.46. The predicted molar refractivity (Wildman–Crippen MR) is 92.0 cm³/mol. The van der Waals surface area contributed by atoms with Crippen molar-refractivity contribution in [3.05, 3.63) is 39.4 Å². The first-order chi connectivity index (χ1) is 12.0. The minimum Gasteiger partial charge on any atom is -0.393 e. The molecule has 1 atom stereocenters. The third-order valence-electron chi connectivity index (χ3n) is 4.54. The summed E-state index contributed by atoms with van der Waals surface area (Å²) in [5.74, 6) is -0.0746. The van der Waals surface area contributed by atoms with Gasteiger partial charge in [-0.15, -0.1) is 0 Å². The van der Waals surface area contributed by atoms with Gasteiger partial charge in [0.25, 0.3) is 11.6 Å². The van der Waals surface area contributed by atoms with E-state index in [0.29, 0.717) is 38.3 Å². The summed E-state index contributed by atoms with van der Waals surface area (Å²) in [6.07, 6.45) is 2.02. The molecule has 1 saturated heterocycles. The first-order valence-electron chi connectivity index (χ1n) is 8.19. The molecule has 0 spiro atoms. The van der Waals surface area contributed by atoms with Crippen LogP contribution >= 0.6 is 0 Å². The molecule has 134 valence electrons. The average molecular weight is 347 g/mol. The smallest absolute Gasteiger partial charge is 0.292 e. The highest BCUT2D eigenvalue weighted by Gasteiger charge is 2.29. The molecule has 2 heterocycles. The van der Waals surface area contributed by atoms with Crippen LogP contribution in [0.15, 0.2) is 18.2 Å². The van der Waals surface area contributed by atoms with Crippen molar-refractivity contribution < 1.29 is 19.2 Å². The third-order valence-corrected chi connectivity index (χ3v) is 4.54. The van der Waals surface area contributed by atoms with E-state index in [1.54, 1.807) is 11.8 Å². The van der Waals surface area contributed by atoms with E-state index in [2.05, 4.69) is 0 Å². The summed E-state index contributed by atoms with van der Waals surface area (Å²) in [6, 6.07) is 3.35. The Kier molecular flexibility index (Phi) is 5.00. The number of hydrogen-bond acceptors (Lipinski definition) is 6. The van der Waals surface area contributed by atoms with Crippen molar-refractivity contribution in [2.24, 2.45) is 0 Å². The Hall–Kier alpha value is -2.45. The van der Waals surface area contributed by atoms with Crippen LogP contribution in [0.2, 0.25) is 0 Å². The molecule has 25 heavy (non-hydrogen) atoms. The van der Waals surface area contributed by atoms with Crippen LogP contribution in [0, 0.1) is 17.0 Å². The number of carbonyl (C=O) groups excluding carboxylic acids is 1. The second-order valence-corrected chi connectivity index (χ2v) is 6.18. The zero-order valence-electron chi connectivity index (χ0n) is 14.1. The largest absolute Gasteiger partial charge is 0.393 e. The van der Waals surface area contributed by atoms with Crippen molar-refractivity contribution in [2.75, 3.05) is 38.6 Å². The van der Waals surface area contributed by atoms with Gasteiger partial charge in [0, 0.05) is 19.2 Å². The fraction of sp³-hybridized carbons (Fsp3) is 0.471. The molecule has 8 heteroatoms. The van der Waals surface area contributed by atoms with Crippen molar-refractivity contribution in [3.63, 3.8) is 0 Å². The Bertz CT molecular complexity index is 725. The Morgan fingerprint density at radius 2 is 2.20 bits per heavy atom. The molecule has 2 aliphatic rings. The standard InChI is InChI=1S/C17H21N3O5/c1-11-8-13(9-14(16(11)18)20(22)23)12-2-4-19(5-3-12)17(21)15-10-24-6-7-25-15/h2,8-9,15H,3-7,10,18H2,1H3/t15-/m0/s1. The summed E-state index contributed by atoms with van der Waals surface area (Å²) in [4.78, 5) is 24.8. The number of hydrogen-bond donors (Lipinski definition) is 1. The molecule has 0 saturated carbocycles. The number of nitrogen functional groups attached to an aromatic ring is 1. The highest BCUT2D eigenvalue weighted by atomic mass is 16.6. The Morgan fingerprint density at radius 3 is 2.80 bits per heavy atom. The van der Waals surface area contributed by atoms with E-state index in [9.17, 15) is 14.9 Å². The van der Waals surface area contributed by atoms with Crippen molar-refractivity contribution in [2.45, 2.75) is 19.4 Å². The fourth-order valence-electron chi connectivity index (χ4n) is 3.08. The number of rotatable bonds is 3. The van der Waals surface area contributed by atoms with Gasteiger partial charge in [-0.25, -0.2) is 0 Å². The van der Waals surface area contributed by atoms with Gasteiger partial charge in [0.05, 0.1) is 24.7 Å². The minimum atomic E-state index is -0.538. The van der Waals surface area contributed by atoms with E-state index in [0.717, 1.165) is 11.1 Å². The molecule has 0 bridgehead atoms. The van der Waals surface area contributed by atoms with Crippen molar-refractivity contribution in [1.82, 2.24) is 4.90 Å². The molecule has 0 radical (unpaired) electrons. The minimum absolute atomic E-state index is 0.0746. The lowest BCUT2D eigenvalue weighted by molar-refractivity contribution is -0.383. The molecule has 2 N–H and O–H groups in total. The van der Waals surface area contributed by atoms with E-state index in [4.69, 9.17) is 15.2 Å². The van der Waals surface area contributed by atoms with E-state index >= 15 is 0 Å². The van der Waals surface area contributed by atoms with E-state index < -0.39 is 11.0 Å². The maximum atomic E-state index is 12.4. The van der Waals surface area contributed by atoms with Gasteiger partial charge in [0.2, 0.25) is 0 Å². The predicted octanol–water partition coefficient (Wildman–Crippen LogP) is 1.52. The Labute approximate surface area is 145 Å². The van der Waals surface area contributed by atoms with Gasteiger partial charge in [-0.3, -0.25) is 14.9 Å². The number of amides is 1. The molecule has 1 fully saturated rings. The van der Waals surface area contributed by atoms with Crippen molar-refractivity contribution >= 4 is 22.9 Å². The molecule has 8 nitrogen and oxygen atoms in total. The number of nitrogens with two attached hydrogens (primary N) is 1. The van der Waals surface area contributed by atoms with Crippen LogP contribution in [0.25, 0.3) is 5.57 Å². The summed E-state index contributed by atoms with van der Waals surface area (Å²) >= 11 is 0. The monoisotopic (exact) mass is 347 g/mol. The molecular weight excluding hydrogens is 326 g/mol. The summed E-state index contributed by atoms with van der Waals surface area (Å²) in [5.41, 5.74) is 8.34. The number of benzene rings is 1. The molecule has 2 aliphatic heterocycles. The van der Waals surface area contributed by atoms with Crippen LogP contribution in [-0.2, 0) is 14.3 Å². The van der Waals surface area contributed by atoms with Gasteiger partial charge in [0.15, 0.2) is 6.10 Å². The van der Waals surface area contributed by atoms with Crippen LogP contribution < -0.4 is 5.73 Å². The van der Waals surface area contributed by atoms with Gasteiger partial charge in [-0.2, -0.15) is 0 Å². The highest BCUT2D eigenvalue weighted by molar-refractivity contribution is 5.83. The summed E-state index contributed by atoms with van der Waals surface area (Å²) in [6.45, 7) is 3.98. The van der Waals surface area contributed by atoms with Gasteiger partial charge in [0.1, 0.15) is 5.69 Å². The lowest BCUT2D eigenvalue weighted by Gasteiger charge is -2.31. The quantitative estimate of drug-likeness (QED) is 0.504. The second-order valence-electron chi connectivity index (χ2n) is 6.18. The van der Waals surface area contributed by atoms with Crippen LogP contribution in [0.5, 0.6) is 0 Å². The van der Waals surface area contributed by atoms with Gasteiger partial charge >= 0.3 is 0 Å². The molecule has 0 aliphatic carbocycles. The lowest BCUT2D eigenvalue weighted by atomic mass is 9.96. The molecule has 0 aromatic heterocycles. The van der Waals surface area contributed by atoms with Crippen molar-refractivity contribution in [3.8, 4) is 0 Å². The number of nitro groups is 1. The molecule has 1 amide bonds. The number of anilines is 1. The van der Waals surface area contributed by atoms with Crippen LogP contribution in [0.1, 0.15) is 17.5 Å².